The minimum atomic E-state index is 0.160. The summed E-state index contributed by atoms with van der Waals surface area (Å²) in [4.78, 5) is 2.15. The number of terminal acetylenes is 1. The zero-order valence-electron chi connectivity index (χ0n) is 8.62. The largest absolute Gasteiger partial charge is 0.385 e. The second kappa shape index (κ2) is 8.06. The van der Waals surface area contributed by atoms with Crippen LogP contribution in [0.3, 0.4) is 0 Å². The van der Waals surface area contributed by atoms with Crippen LogP contribution in [0.5, 0.6) is 0 Å². The third-order valence-corrected chi connectivity index (χ3v) is 1.95. The lowest BCUT2D eigenvalue weighted by Gasteiger charge is -2.21. The van der Waals surface area contributed by atoms with E-state index in [0.29, 0.717) is 6.54 Å². The Balaban J connectivity index is 3.60. The standard InChI is InChI=1S/C10H20N2O/c1-4-7-12(5-2)9-10(11)6-8-13-3/h1,10H,5-9,11H2,2-3H3. The van der Waals surface area contributed by atoms with Crippen LogP contribution in [-0.4, -0.2) is 44.3 Å². The molecule has 76 valence electrons. The van der Waals surface area contributed by atoms with E-state index >= 15 is 0 Å². The Bertz CT molecular complexity index is 153. The molecular weight excluding hydrogens is 164 g/mol. The second-order valence-corrected chi connectivity index (χ2v) is 3.07. The van der Waals surface area contributed by atoms with E-state index in [-0.39, 0.29) is 6.04 Å². The van der Waals surface area contributed by atoms with Crippen molar-refractivity contribution in [1.82, 2.24) is 4.90 Å². The molecule has 0 aromatic rings. The van der Waals surface area contributed by atoms with Gasteiger partial charge in [0.25, 0.3) is 0 Å². The molecule has 3 heteroatoms. The van der Waals surface area contributed by atoms with Crippen molar-refractivity contribution in [1.29, 1.82) is 0 Å². The Hall–Kier alpha value is -0.560. The van der Waals surface area contributed by atoms with Gasteiger partial charge in [-0.3, -0.25) is 4.90 Å². The van der Waals surface area contributed by atoms with E-state index in [1.807, 2.05) is 0 Å². The van der Waals surface area contributed by atoms with Gasteiger partial charge in [0.05, 0.1) is 6.54 Å². The molecule has 0 radical (unpaired) electrons. The molecule has 3 nitrogen and oxygen atoms in total. The number of hydrogen-bond donors (Lipinski definition) is 1. The number of nitrogens with zero attached hydrogens (tertiary/aromatic N) is 1. The van der Waals surface area contributed by atoms with Crippen LogP contribution >= 0.6 is 0 Å². The minimum absolute atomic E-state index is 0.160. The molecule has 0 aromatic carbocycles. The number of methoxy groups -OCH3 is 1. The first kappa shape index (κ1) is 12.4. The third-order valence-electron chi connectivity index (χ3n) is 1.95. The van der Waals surface area contributed by atoms with Gasteiger partial charge in [-0.25, -0.2) is 0 Å². The molecule has 1 unspecified atom stereocenters. The lowest BCUT2D eigenvalue weighted by molar-refractivity contribution is 0.178. The van der Waals surface area contributed by atoms with E-state index in [1.54, 1.807) is 7.11 Å². The van der Waals surface area contributed by atoms with Crippen molar-refractivity contribution in [3.8, 4) is 12.3 Å². The van der Waals surface area contributed by atoms with Gasteiger partial charge in [0, 0.05) is 26.3 Å². The van der Waals surface area contributed by atoms with Gasteiger partial charge in [-0.15, -0.1) is 6.42 Å². The highest BCUT2D eigenvalue weighted by Gasteiger charge is 2.07. The summed E-state index contributed by atoms with van der Waals surface area (Å²) in [7, 11) is 1.69. The van der Waals surface area contributed by atoms with Gasteiger partial charge < -0.3 is 10.5 Å². The Morgan fingerprint density at radius 1 is 1.62 bits per heavy atom. The van der Waals surface area contributed by atoms with Gasteiger partial charge in [0.2, 0.25) is 0 Å². The van der Waals surface area contributed by atoms with Crippen LogP contribution in [0.4, 0.5) is 0 Å². The summed E-state index contributed by atoms with van der Waals surface area (Å²) >= 11 is 0. The normalized spacial score (nSPS) is 12.8. The van der Waals surface area contributed by atoms with Crippen LogP contribution in [0.15, 0.2) is 0 Å². The summed E-state index contributed by atoms with van der Waals surface area (Å²) in [6.07, 6.45) is 6.11. The van der Waals surface area contributed by atoms with Crippen molar-refractivity contribution in [2.24, 2.45) is 5.73 Å². The highest BCUT2D eigenvalue weighted by atomic mass is 16.5. The molecule has 0 aromatic heterocycles. The van der Waals surface area contributed by atoms with Gasteiger partial charge in [0.15, 0.2) is 0 Å². The maximum absolute atomic E-state index is 5.88. The minimum Gasteiger partial charge on any atom is -0.385 e. The molecular formula is C10H20N2O. The fraction of sp³-hybridized carbons (Fsp3) is 0.800. The highest BCUT2D eigenvalue weighted by Crippen LogP contribution is 1.94. The maximum atomic E-state index is 5.88. The van der Waals surface area contributed by atoms with Gasteiger partial charge in [-0.05, 0) is 13.0 Å². The summed E-state index contributed by atoms with van der Waals surface area (Å²) in [5.74, 6) is 2.62. The first-order valence-electron chi connectivity index (χ1n) is 4.64. The van der Waals surface area contributed by atoms with Crippen LogP contribution in [0.2, 0.25) is 0 Å². The molecule has 0 fully saturated rings. The zero-order valence-corrected chi connectivity index (χ0v) is 8.62. The van der Waals surface area contributed by atoms with Crippen molar-refractivity contribution in [3.05, 3.63) is 0 Å². The predicted octanol–water partition coefficient (Wildman–Crippen LogP) is 0.305. The van der Waals surface area contributed by atoms with E-state index in [2.05, 4.69) is 17.7 Å². The summed E-state index contributed by atoms with van der Waals surface area (Å²) in [6.45, 7) is 5.28. The van der Waals surface area contributed by atoms with E-state index in [4.69, 9.17) is 16.9 Å². The Morgan fingerprint density at radius 3 is 2.77 bits per heavy atom. The van der Waals surface area contributed by atoms with Crippen LogP contribution in [0.1, 0.15) is 13.3 Å². The monoisotopic (exact) mass is 184 g/mol. The Labute approximate surface area is 81.2 Å². The molecule has 0 aliphatic carbocycles. The average Bonchev–Trinajstić information content (AvgIpc) is 2.14. The number of hydrogen-bond acceptors (Lipinski definition) is 3. The Morgan fingerprint density at radius 2 is 2.31 bits per heavy atom. The number of rotatable bonds is 7. The molecule has 0 saturated carbocycles. The topological polar surface area (TPSA) is 38.5 Å². The molecule has 1 atom stereocenters. The lowest BCUT2D eigenvalue weighted by Crippen LogP contribution is -2.38. The van der Waals surface area contributed by atoms with Gasteiger partial charge in [-0.1, -0.05) is 12.8 Å². The van der Waals surface area contributed by atoms with Crippen LogP contribution < -0.4 is 5.73 Å². The summed E-state index contributed by atoms with van der Waals surface area (Å²) in [5, 5.41) is 0. The van der Waals surface area contributed by atoms with E-state index in [9.17, 15) is 0 Å². The van der Waals surface area contributed by atoms with Gasteiger partial charge >= 0.3 is 0 Å². The van der Waals surface area contributed by atoms with Crippen molar-refractivity contribution < 1.29 is 4.74 Å². The number of likely N-dealkylation sites (N-methyl/N-ethyl adjacent to an activating group) is 1. The maximum Gasteiger partial charge on any atom is 0.0599 e. The third kappa shape index (κ3) is 6.59. The smallest absolute Gasteiger partial charge is 0.0599 e. The lowest BCUT2D eigenvalue weighted by atomic mass is 10.2. The molecule has 0 rings (SSSR count). The van der Waals surface area contributed by atoms with Gasteiger partial charge in [-0.2, -0.15) is 0 Å². The summed E-state index contributed by atoms with van der Waals surface area (Å²) < 4.78 is 4.95. The quantitative estimate of drug-likeness (QED) is 0.579. The van der Waals surface area contributed by atoms with Gasteiger partial charge in [0.1, 0.15) is 0 Å². The highest BCUT2D eigenvalue weighted by molar-refractivity contribution is 4.88. The molecule has 13 heavy (non-hydrogen) atoms. The fourth-order valence-electron chi connectivity index (χ4n) is 1.13. The summed E-state index contributed by atoms with van der Waals surface area (Å²) in [6, 6.07) is 0.160. The first-order chi connectivity index (χ1) is 6.24. The molecule has 0 spiro atoms. The molecule has 2 N–H and O–H groups in total. The fourth-order valence-corrected chi connectivity index (χ4v) is 1.13. The number of ether oxygens (including phenoxy) is 1. The average molecular weight is 184 g/mol. The van der Waals surface area contributed by atoms with Crippen LogP contribution in [-0.2, 0) is 4.74 Å². The SMILES string of the molecule is C#CCN(CC)CC(N)CCOC. The Kier molecular flexibility index (Phi) is 7.71. The van der Waals surface area contributed by atoms with Crippen molar-refractivity contribution in [2.75, 3.05) is 33.4 Å². The summed E-state index contributed by atoms with van der Waals surface area (Å²) in [5.41, 5.74) is 5.88. The molecule has 0 aliphatic rings. The molecule has 0 amide bonds. The molecule has 0 saturated heterocycles. The molecule has 0 aliphatic heterocycles. The second-order valence-electron chi connectivity index (χ2n) is 3.07. The van der Waals surface area contributed by atoms with Crippen LogP contribution in [0, 0.1) is 12.3 Å². The van der Waals surface area contributed by atoms with Crippen LogP contribution in [0.25, 0.3) is 0 Å². The van der Waals surface area contributed by atoms with E-state index in [1.165, 1.54) is 0 Å². The van der Waals surface area contributed by atoms with E-state index in [0.717, 1.165) is 26.1 Å². The first-order valence-corrected chi connectivity index (χ1v) is 4.64. The molecule has 0 bridgehead atoms. The van der Waals surface area contributed by atoms with Crippen molar-refractivity contribution >= 4 is 0 Å². The van der Waals surface area contributed by atoms with Crippen molar-refractivity contribution in [3.63, 3.8) is 0 Å². The van der Waals surface area contributed by atoms with Crippen molar-refractivity contribution in [2.45, 2.75) is 19.4 Å². The predicted molar refractivity (Wildman–Crippen MR) is 55.4 cm³/mol. The number of nitrogens with two attached hydrogens (primary N) is 1. The van der Waals surface area contributed by atoms with E-state index < -0.39 is 0 Å². The molecule has 0 heterocycles. The zero-order chi connectivity index (χ0) is 10.1.